The summed E-state index contributed by atoms with van der Waals surface area (Å²) >= 11 is 0. The molecule has 0 aliphatic heterocycles. The van der Waals surface area contributed by atoms with Crippen LogP contribution >= 0.6 is 0 Å². The minimum Gasteiger partial charge on any atom is -0.269 e. The lowest BCUT2D eigenvalue weighted by atomic mass is 10.1. The van der Waals surface area contributed by atoms with Crippen LogP contribution in [-0.4, -0.2) is 20.4 Å². The third kappa shape index (κ3) is 2.94. The zero-order valence-corrected chi connectivity index (χ0v) is 13.3. The molecule has 2 aromatic carbocycles. The molecule has 0 bridgehead atoms. The highest BCUT2D eigenvalue weighted by atomic mass is 32.2. The number of non-ortho nitro benzene ring substituents is 1. The number of anilines is 1. The normalized spacial score (nSPS) is 11.2. The van der Waals surface area contributed by atoms with Crippen molar-refractivity contribution in [3.63, 3.8) is 0 Å². The molecule has 0 unspecified atom stereocenters. The smallest absolute Gasteiger partial charge is 0.269 e. The highest BCUT2D eigenvalue weighted by molar-refractivity contribution is 7.92. The molecule has 0 atom stereocenters. The van der Waals surface area contributed by atoms with Crippen LogP contribution in [0.3, 0.4) is 0 Å². The number of nitro groups is 1. The average molecular weight is 320 g/mol. The summed E-state index contributed by atoms with van der Waals surface area (Å²) in [6, 6.07) is 10.5. The van der Waals surface area contributed by atoms with Gasteiger partial charge in [-0.1, -0.05) is 23.8 Å². The monoisotopic (exact) mass is 320 g/mol. The predicted octanol–water partition coefficient (Wildman–Crippen LogP) is 3.04. The molecule has 0 amide bonds. The van der Waals surface area contributed by atoms with E-state index >= 15 is 0 Å². The van der Waals surface area contributed by atoms with Crippen LogP contribution in [0, 0.1) is 24.0 Å². The van der Waals surface area contributed by atoms with E-state index in [2.05, 4.69) is 0 Å². The van der Waals surface area contributed by atoms with E-state index in [0.717, 1.165) is 21.5 Å². The van der Waals surface area contributed by atoms with Crippen molar-refractivity contribution in [1.29, 1.82) is 0 Å². The van der Waals surface area contributed by atoms with Gasteiger partial charge in [0, 0.05) is 19.2 Å². The van der Waals surface area contributed by atoms with E-state index in [-0.39, 0.29) is 10.6 Å². The first-order valence-corrected chi connectivity index (χ1v) is 7.98. The first kappa shape index (κ1) is 16.0. The average Bonchev–Trinajstić information content (AvgIpc) is 2.46. The van der Waals surface area contributed by atoms with E-state index in [1.807, 2.05) is 26.0 Å². The lowest BCUT2D eigenvalue weighted by Gasteiger charge is -2.21. The lowest BCUT2D eigenvalue weighted by Crippen LogP contribution is -2.27. The summed E-state index contributed by atoms with van der Waals surface area (Å²) in [5.74, 6) is 0. The van der Waals surface area contributed by atoms with Crippen LogP contribution in [0.4, 0.5) is 11.4 Å². The van der Waals surface area contributed by atoms with Gasteiger partial charge >= 0.3 is 0 Å². The topological polar surface area (TPSA) is 80.5 Å². The summed E-state index contributed by atoms with van der Waals surface area (Å²) in [5, 5.41) is 10.8. The van der Waals surface area contributed by atoms with Crippen molar-refractivity contribution in [1.82, 2.24) is 0 Å². The Bertz CT molecular complexity index is 831. The molecule has 0 aliphatic carbocycles. The number of hydrogen-bond donors (Lipinski definition) is 0. The SMILES string of the molecule is Cc1ccc(N(C)S(=O)(=O)c2cccc([N+](=O)[O-])c2)c(C)c1. The summed E-state index contributed by atoms with van der Waals surface area (Å²) in [7, 11) is -2.42. The zero-order valence-electron chi connectivity index (χ0n) is 12.5. The molecule has 0 fully saturated rings. The molecule has 116 valence electrons. The molecule has 2 rings (SSSR count). The maximum atomic E-state index is 12.6. The Morgan fingerprint density at radius 2 is 1.77 bits per heavy atom. The third-order valence-corrected chi connectivity index (χ3v) is 5.15. The van der Waals surface area contributed by atoms with Gasteiger partial charge in [0.15, 0.2) is 0 Å². The number of benzene rings is 2. The van der Waals surface area contributed by atoms with Crippen molar-refractivity contribution in [2.75, 3.05) is 11.4 Å². The van der Waals surface area contributed by atoms with E-state index < -0.39 is 14.9 Å². The van der Waals surface area contributed by atoms with Crippen molar-refractivity contribution in [2.24, 2.45) is 0 Å². The van der Waals surface area contributed by atoms with Gasteiger partial charge in [0.05, 0.1) is 15.5 Å². The number of rotatable bonds is 4. The van der Waals surface area contributed by atoms with Gasteiger partial charge in [-0.2, -0.15) is 0 Å². The second kappa shape index (κ2) is 5.76. The van der Waals surface area contributed by atoms with Gasteiger partial charge < -0.3 is 0 Å². The molecular formula is C15H16N2O4S. The number of sulfonamides is 1. The van der Waals surface area contributed by atoms with Crippen LogP contribution in [0.15, 0.2) is 47.4 Å². The lowest BCUT2D eigenvalue weighted by molar-refractivity contribution is -0.385. The fourth-order valence-corrected chi connectivity index (χ4v) is 3.50. The maximum Gasteiger partial charge on any atom is 0.270 e. The van der Waals surface area contributed by atoms with Crippen LogP contribution < -0.4 is 4.31 Å². The fourth-order valence-electron chi connectivity index (χ4n) is 2.20. The standard InChI is InChI=1S/C15H16N2O4S/c1-11-7-8-15(12(2)9-11)16(3)22(20,21)14-6-4-5-13(10-14)17(18)19/h4-10H,1-3H3. The van der Waals surface area contributed by atoms with Crippen molar-refractivity contribution < 1.29 is 13.3 Å². The predicted molar refractivity (Wildman–Crippen MR) is 84.6 cm³/mol. The minimum absolute atomic E-state index is 0.107. The zero-order chi connectivity index (χ0) is 16.5. The Balaban J connectivity index is 2.49. The van der Waals surface area contributed by atoms with Gasteiger partial charge in [0.2, 0.25) is 0 Å². The Labute approximate surface area is 129 Å². The molecule has 6 nitrogen and oxygen atoms in total. The Kier molecular flexibility index (Phi) is 4.18. The van der Waals surface area contributed by atoms with E-state index in [1.54, 1.807) is 6.07 Å². The molecule has 0 radical (unpaired) electrons. The molecule has 0 spiro atoms. The highest BCUT2D eigenvalue weighted by Crippen LogP contribution is 2.27. The van der Waals surface area contributed by atoms with Crippen molar-refractivity contribution in [3.8, 4) is 0 Å². The summed E-state index contributed by atoms with van der Waals surface area (Å²) in [5.41, 5.74) is 2.13. The van der Waals surface area contributed by atoms with E-state index in [4.69, 9.17) is 0 Å². The Hall–Kier alpha value is -2.41. The molecule has 0 saturated carbocycles. The van der Waals surface area contributed by atoms with Crippen LogP contribution in [0.5, 0.6) is 0 Å². The number of nitrogens with zero attached hydrogens (tertiary/aromatic N) is 2. The summed E-state index contributed by atoms with van der Waals surface area (Å²) in [4.78, 5) is 10.1. The molecule has 2 aromatic rings. The van der Waals surface area contributed by atoms with Crippen LogP contribution in [0.25, 0.3) is 0 Å². The Morgan fingerprint density at radius 3 is 2.36 bits per heavy atom. The van der Waals surface area contributed by atoms with Gasteiger partial charge in [-0.15, -0.1) is 0 Å². The molecule has 0 aromatic heterocycles. The second-order valence-electron chi connectivity index (χ2n) is 5.02. The summed E-state index contributed by atoms with van der Waals surface area (Å²) in [6.45, 7) is 3.74. The second-order valence-corrected chi connectivity index (χ2v) is 6.99. The van der Waals surface area contributed by atoms with Gasteiger partial charge in [-0.3, -0.25) is 14.4 Å². The summed E-state index contributed by atoms with van der Waals surface area (Å²) in [6.07, 6.45) is 0. The number of aryl methyl sites for hydroxylation is 2. The van der Waals surface area contributed by atoms with E-state index in [1.165, 1.54) is 25.2 Å². The van der Waals surface area contributed by atoms with Gasteiger partial charge in [-0.25, -0.2) is 8.42 Å². The van der Waals surface area contributed by atoms with Gasteiger partial charge in [0.1, 0.15) is 0 Å². The largest absolute Gasteiger partial charge is 0.270 e. The quantitative estimate of drug-likeness (QED) is 0.640. The van der Waals surface area contributed by atoms with Crippen molar-refractivity contribution >= 4 is 21.4 Å². The first-order chi connectivity index (χ1) is 10.2. The maximum absolute atomic E-state index is 12.6. The number of nitro benzene ring substituents is 1. The molecule has 0 heterocycles. The molecule has 0 aliphatic rings. The molecular weight excluding hydrogens is 304 g/mol. The Morgan fingerprint density at radius 1 is 1.09 bits per heavy atom. The molecule has 0 N–H and O–H groups in total. The van der Waals surface area contributed by atoms with Crippen LogP contribution in [0.1, 0.15) is 11.1 Å². The van der Waals surface area contributed by atoms with E-state index in [0.29, 0.717) is 5.69 Å². The molecule has 22 heavy (non-hydrogen) atoms. The summed E-state index contributed by atoms with van der Waals surface area (Å²) < 4.78 is 26.4. The fraction of sp³-hybridized carbons (Fsp3) is 0.200. The van der Waals surface area contributed by atoms with Gasteiger partial charge in [0.25, 0.3) is 15.7 Å². The minimum atomic E-state index is -3.85. The number of hydrogen-bond acceptors (Lipinski definition) is 4. The van der Waals surface area contributed by atoms with Crippen LogP contribution in [0.2, 0.25) is 0 Å². The van der Waals surface area contributed by atoms with Crippen molar-refractivity contribution in [2.45, 2.75) is 18.7 Å². The van der Waals surface area contributed by atoms with Crippen LogP contribution in [-0.2, 0) is 10.0 Å². The molecule has 0 saturated heterocycles. The molecule has 7 heteroatoms. The van der Waals surface area contributed by atoms with E-state index in [9.17, 15) is 18.5 Å². The first-order valence-electron chi connectivity index (χ1n) is 6.54. The highest BCUT2D eigenvalue weighted by Gasteiger charge is 2.24. The van der Waals surface area contributed by atoms with Gasteiger partial charge in [-0.05, 0) is 31.5 Å². The van der Waals surface area contributed by atoms with Crippen molar-refractivity contribution in [3.05, 3.63) is 63.7 Å². The third-order valence-electron chi connectivity index (χ3n) is 3.38.